The molecule has 25 heavy (non-hydrogen) atoms. The molecule has 0 spiro atoms. The van der Waals surface area contributed by atoms with Crippen molar-refractivity contribution in [3.05, 3.63) is 71.9 Å². The number of amides is 1. The minimum absolute atomic E-state index is 0.0360. The molecular formula is C19H16N2O4. The quantitative estimate of drug-likeness (QED) is 0.717. The molecule has 0 aliphatic heterocycles. The normalized spacial score (nSPS) is 10.3. The maximum atomic E-state index is 12.3. The predicted octanol–water partition coefficient (Wildman–Crippen LogP) is 3.77. The lowest BCUT2D eigenvalue weighted by Crippen LogP contribution is -2.15. The van der Waals surface area contributed by atoms with Gasteiger partial charge in [0.2, 0.25) is 17.5 Å². The molecule has 2 aromatic carbocycles. The van der Waals surface area contributed by atoms with E-state index in [1.165, 1.54) is 0 Å². The zero-order valence-corrected chi connectivity index (χ0v) is 13.6. The number of rotatable bonds is 5. The smallest absolute Gasteiger partial charge is 0.362 e. The number of anilines is 1. The van der Waals surface area contributed by atoms with Crippen LogP contribution in [0.25, 0.3) is 11.5 Å². The lowest BCUT2D eigenvalue weighted by atomic mass is 10.2. The summed E-state index contributed by atoms with van der Waals surface area (Å²) in [6.07, 6.45) is 0. The lowest BCUT2D eigenvalue weighted by Gasteiger charge is -2.03. The summed E-state index contributed by atoms with van der Waals surface area (Å²) in [7, 11) is 0. The van der Waals surface area contributed by atoms with Gasteiger partial charge < -0.3 is 9.15 Å². The number of hydrogen-bond donors (Lipinski definition) is 1. The largest absolute Gasteiger partial charge is 0.461 e. The highest BCUT2D eigenvalue weighted by atomic mass is 16.5. The minimum Gasteiger partial charge on any atom is -0.461 e. The number of hydrogen-bond acceptors (Lipinski definition) is 5. The van der Waals surface area contributed by atoms with Crippen molar-refractivity contribution in [2.45, 2.75) is 6.92 Å². The van der Waals surface area contributed by atoms with Gasteiger partial charge in [-0.15, -0.1) is 0 Å². The minimum atomic E-state index is -0.656. The fourth-order valence-electron chi connectivity index (χ4n) is 2.21. The van der Waals surface area contributed by atoms with Gasteiger partial charge in [-0.3, -0.25) is 10.1 Å². The molecular weight excluding hydrogens is 320 g/mol. The van der Waals surface area contributed by atoms with Crippen LogP contribution in [0.15, 0.2) is 65.1 Å². The van der Waals surface area contributed by atoms with E-state index in [2.05, 4.69) is 10.3 Å². The first-order chi connectivity index (χ1) is 12.2. The standard InChI is InChI=1S/C19H16N2O4/c1-2-24-19(23)15-18(21-16(22)13-9-5-3-6-10-13)25-17(20-15)14-11-7-4-8-12-14/h3-12H,2H2,1H3,(H,21,22). The Labute approximate surface area is 144 Å². The summed E-state index contributed by atoms with van der Waals surface area (Å²) >= 11 is 0. The van der Waals surface area contributed by atoms with Gasteiger partial charge in [-0.25, -0.2) is 4.79 Å². The number of carbonyl (C=O) groups is 2. The van der Waals surface area contributed by atoms with Gasteiger partial charge in [0.1, 0.15) is 0 Å². The van der Waals surface area contributed by atoms with Crippen LogP contribution < -0.4 is 5.32 Å². The number of esters is 1. The molecule has 1 aromatic heterocycles. The molecule has 1 N–H and O–H groups in total. The lowest BCUT2D eigenvalue weighted by molar-refractivity contribution is 0.0521. The fraction of sp³-hybridized carbons (Fsp3) is 0.105. The molecule has 3 rings (SSSR count). The van der Waals surface area contributed by atoms with Gasteiger partial charge in [-0.05, 0) is 31.2 Å². The number of nitrogens with one attached hydrogen (secondary N) is 1. The predicted molar refractivity (Wildman–Crippen MR) is 92.3 cm³/mol. The van der Waals surface area contributed by atoms with Crippen molar-refractivity contribution in [2.24, 2.45) is 0 Å². The maximum Gasteiger partial charge on any atom is 0.362 e. The third kappa shape index (κ3) is 3.74. The first-order valence-electron chi connectivity index (χ1n) is 7.78. The first-order valence-corrected chi connectivity index (χ1v) is 7.78. The van der Waals surface area contributed by atoms with Crippen LogP contribution in [-0.2, 0) is 4.74 Å². The molecule has 0 saturated carbocycles. The van der Waals surface area contributed by atoms with Crippen molar-refractivity contribution in [3.8, 4) is 11.5 Å². The summed E-state index contributed by atoms with van der Waals surface area (Å²) in [5, 5.41) is 2.59. The van der Waals surface area contributed by atoms with Crippen molar-refractivity contribution in [3.63, 3.8) is 0 Å². The molecule has 126 valence electrons. The van der Waals surface area contributed by atoms with Crippen molar-refractivity contribution in [1.82, 2.24) is 4.98 Å². The molecule has 0 unspecified atom stereocenters. The number of carbonyl (C=O) groups excluding carboxylic acids is 2. The number of benzene rings is 2. The Balaban J connectivity index is 1.94. The third-order valence-corrected chi connectivity index (χ3v) is 3.38. The highest BCUT2D eigenvalue weighted by Crippen LogP contribution is 2.26. The second-order valence-corrected chi connectivity index (χ2v) is 5.10. The molecule has 0 bridgehead atoms. The van der Waals surface area contributed by atoms with E-state index >= 15 is 0 Å². The van der Waals surface area contributed by atoms with Crippen molar-refractivity contribution < 1.29 is 18.7 Å². The fourth-order valence-corrected chi connectivity index (χ4v) is 2.21. The maximum absolute atomic E-state index is 12.3. The van der Waals surface area contributed by atoms with E-state index in [1.54, 1.807) is 43.3 Å². The topological polar surface area (TPSA) is 81.4 Å². The van der Waals surface area contributed by atoms with Gasteiger partial charge in [0.05, 0.1) is 6.61 Å². The summed E-state index contributed by atoms with van der Waals surface area (Å²) in [5.41, 5.74) is 1.06. The highest BCUT2D eigenvalue weighted by Gasteiger charge is 2.24. The van der Waals surface area contributed by atoms with Crippen LogP contribution in [0.4, 0.5) is 5.88 Å². The average molecular weight is 336 g/mol. The number of ether oxygens (including phenoxy) is 1. The second-order valence-electron chi connectivity index (χ2n) is 5.10. The first kappa shape index (κ1) is 16.4. The molecule has 0 aliphatic carbocycles. The Morgan fingerprint density at radius 2 is 1.68 bits per heavy atom. The van der Waals surface area contributed by atoms with Crippen LogP contribution in [0.3, 0.4) is 0 Å². The molecule has 1 amide bonds. The van der Waals surface area contributed by atoms with E-state index in [9.17, 15) is 9.59 Å². The molecule has 0 aliphatic rings. The molecule has 3 aromatic rings. The summed E-state index contributed by atoms with van der Waals surface area (Å²) in [6, 6.07) is 17.7. The van der Waals surface area contributed by atoms with E-state index in [0.717, 1.165) is 0 Å². The van der Waals surface area contributed by atoms with Crippen LogP contribution in [0.1, 0.15) is 27.8 Å². The Morgan fingerprint density at radius 3 is 2.32 bits per heavy atom. The Kier molecular flexibility index (Phi) is 4.89. The molecule has 6 nitrogen and oxygen atoms in total. The van der Waals surface area contributed by atoms with Crippen LogP contribution in [0, 0.1) is 0 Å². The van der Waals surface area contributed by atoms with Crippen LogP contribution >= 0.6 is 0 Å². The van der Waals surface area contributed by atoms with Gasteiger partial charge in [0.15, 0.2) is 0 Å². The zero-order valence-electron chi connectivity index (χ0n) is 13.6. The Morgan fingerprint density at radius 1 is 1.04 bits per heavy atom. The number of aromatic nitrogens is 1. The van der Waals surface area contributed by atoms with E-state index in [1.807, 2.05) is 24.3 Å². The highest BCUT2D eigenvalue weighted by molar-refractivity contribution is 6.06. The number of nitrogens with zero attached hydrogens (tertiary/aromatic N) is 1. The van der Waals surface area contributed by atoms with Crippen molar-refractivity contribution in [2.75, 3.05) is 11.9 Å². The molecule has 6 heteroatoms. The molecule has 0 saturated heterocycles. The molecule has 0 radical (unpaired) electrons. The molecule has 0 fully saturated rings. The average Bonchev–Trinajstić information content (AvgIpc) is 3.07. The van der Waals surface area contributed by atoms with Crippen molar-refractivity contribution >= 4 is 17.8 Å². The monoisotopic (exact) mass is 336 g/mol. The Bertz CT molecular complexity index is 873. The van der Waals surface area contributed by atoms with Gasteiger partial charge in [0.25, 0.3) is 5.91 Å². The summed E-state index contributed by atoms with van der Waals surface area (Å²) in [4.78, 5) is 28.7. The zero-order chi connectivity index (χ0) is 17.6. The second kappa shape index (κ2) is 7.44. The van der Waals surface area contributed by atoms with E-state index < -0.39 is 11.9 Å². The van der Waals surface area contributed by atoms with Gasteiger partial charge >= 0.3 is 5.97 Å². The summed E-state index contributed by atoms with van der Waals surface area (Å²) in [5.74, 6) is -0.864. The van der Waals surface area contributed by atoms with Gasteiger partial charge in [-0.1, -0.05) is 36.4 Å². The summed E-state index contributed by atoms with van der Waals surface area (Å²) < 4.78 is 10.6. The van der Waals surface area contributed by atoms with E-state index in [4.69, 9.17) is 9.15 Å². The van der Waals surface area contributed by atoms with E-state index in [-0.39, 0.29) is 24.1 Å². The van der Waals surface area contributed by atoms with Crippen molar-refractivity contribution in [1.29, 1.82) is 0 Å². The molecule has 0 atom stereocenters. The summed E-state index contributed by atoms with van der Waals surface area (Å²) in [6.45, 7) is 1.89. The van der Waals surface area contributed by atoms with Gasteiger partial charge in [0, 0.05) is 11.1 Å². The SMILES string of the molecule is CCOC(=O)c1nc(-c2ccccc2)oc1NC(=O)c1ccccc1. The third-order valence-electron chi connectivity index (χ3n) is 3.38. The van der Waals surface area contributed by atoms with Gasteiger partial charge in [-0.2, -0.15) is 4.98 Å². The molecule has 1 heterocycles. The van der Waals surface area contributed by atoms with Crippen LogP contribution in [0.5, 0.6) is 0 Å². The number of oxazole rings is 1. The van der Waals surface area contributed by atoms with E-state index in [0.29, 0.717) is 11.1 Å². The van der Waals surface area contributed by atoms with Crippen LogP contribution in [0.2, 0.25) is 0 Å². The van der Waals surface area contributed by atoms with Crippen LogP contribution in [-0.4, -0.2) is 23.5 Å². The Hall–Kier alpha value is -3.41.